The molecule has 7 rings (SSSR count). The molecule has 0 amide bonds. The summed E-state index contributed by atoms with van der Waals surface area (Å²) in [5, 5.41) is -0.0360. The molecule has 6 aromatic rings. The van der Waals surface area contributed by atoms with Crippen molar-refractivity contribution >= 4 is 52.7 Å². The van der Waals surface area contributed by atoms with Gasteiger partial charge in [0.2, 0.25) is 29.0 Å². The Morgan fingerprint density at radius 3 is 1.26 bits per heavy atom. The smallest absolute Gasteiger partial charge is 0.338 e. The van der Waals surface area contributed by atoms with Crippen molar-refractivity contribution < 1.29 is 56.5 Å². The van der Waals surface area contributed by atoms with Crippen LogP contribution in [-0.4, -0.2) is 77.8 Å². The van der Waals surface area contributed by atoms with E-state index in [0.717, 1.165) is 22.6 Å². The third-order valence-electron chi connectivity index (χ3n) is 13.6. The van der Waals surface area contributed by atoms with E-state index in [-0.39, 0.29) is 38.1 Å². The van der Waals surface area contributed by atoms with E-state index >= 15 is 0 Å². The lowest BCUT2D eigenvalue weighted by Crippen LogP contribution is -2.63. The molecular formula is C60H66O12Si2. The summed E-state index contributed by atoms with van der Waals surface area (Å²) in [7, 11) is -4.40. The van der Waals surface area contributed by atoms with Gasteiger partial charge >= 0.3 is 23.9 Å². The first kappa shape index (κ1) is 54.5. The molecule has 1 fully saturated rings. The minimum atomic E-state index is -2.20. The zero-order valence-corrected chi connectivity index (χ0v) is 45.7. The highest BCUT2D eigenvalue weighted by Gasteiger charge is 2.54. The van der Waals surface area contributed by atoms with E-state index in [4.69, 9.17) is 37.3 Å². The molecule has 386 valence electrons. The van der Waals surface area contributed by atoms with Crippen molar-refractivity contribution in [2.75, 3.05) is 6.61 Å². The molecule has 0 bridgehead atoms. The normalized spacial score (nSPS) is 18.2. The lowest BCUT2D eigenvalue weighted by Gasteiger charge is -2.44. The second-order valence-electron chi connectivity index (χ2n) is 21.2. The van der Waals surface area contributed by atoms with Gasteiger partial charge in [0.15, 0.2) is 12.2 Å². The van der Waals surface area contributed by atoms with Gasteiger partial charge in [-0.05, 0) is 120 Å². The van der Waals surface area contributed by atoms with Crippen molar-refractivity contribution in [3.63, 3.8) is 0 Å². The number of benzene rings is 6. The first-order valence-corrected chi connectivity index (χ1v) is 30.5. The van der Waals surface area contributed by atoms with Gasteiger partial charge in [0, 0.05) is 6.07 Å². The fourth-order valence-electron chi connectivity index (χ4n) is 7.31. The molecule has 74 heavy (non-hydrogen) atoms. The SMILES string of the molecule is CC(C)(C)[Si](C)(C)Oc1cc(/C=C/c2ccc(O[C@@H]3OC(COC(=O)c4ccccc4)[C@@H](OC(=O)c4ccccc4)C(OC(=O)c4ccccc4)C3OC(=O)c3ccccc3)cc2)cc(O[Si](C)(C)C(C)(C)C)c1. The quantitative estimate of drug-likeness (QED) is 0.0371. The number of hydrogen-bond acceptors (Lipinski definition) is 12. The van der Waals surface area contributed by atoms with Crippen molar-refractivity contribution in [3.05, 3.63) is 197 Å². The van der Waals surface area contributed by atoms with Crippen molar-refractivity contribution in [1.82, 2.24) is 0 Å². The van der Waals surface area contributed by atoms with Gasteiger partial charge in [-0.15, -0.1) is 0 Å². The minimum absolute atomic E-state index is 0.0180. The number of esters is 4. The molecule has 1 heterocycles. The third kappa shape index (κ3) is 14.1. The molecule has 1 aliphatic heterocycles. The number of rotatable bonds is 17. The van der Waals surface area contributed by atoms with Crippen molar-refractivity contribution in [3.8, 4) is 17.2 Å². The summed E-state index contributed by atoms with van der Waals surface area (Å²) in [6, 6.07) is 46.2. The fraction of sp³-hybridized carbons (Fsp3) is 0.300. The molecule has 0 aromatic heterocycles. The maximum Gasteiger partial charge on any atom is 0.338 e. The van der Waals surface area contributed by atoms with E-state index in [2.05, 4.69) is 67.7 Å². The number of carbonyl (C=O) groups is 4. The van der Waals surface area contributed by atoms with Gasteiger partial charge in [0.25, 0.3) is 0 Å². The second-order valence-corrected chi connectivity index (χ2v) is 30.6. The summed E-state index contributed by atoms with van der Waals surface area (Å²) in [5.74, 6) is -1.31. The van der Waals surface area contributed by atoms with Gasteiger partial charge in [0.05, 0.1) is 22.3 Å². The predicted octanol–water partition coefficient (Wildman–Crippen LogP) is 13.3. The second kappa shape index (κ2) is 23.3. The molecule has 0 radical (unpaired) electrons. The van der Waals surface area contributed by atoms with Gasteiger partial charge < -0.3 is 37.3 Å². The van der Waals surface area contributed by atoms with E-state index in [1.165, 1.54) is 0 Å². The first-order chi connectivity index (χ1) is 35.1. The van der Waals surface area contributed by atoms with Crippen LogP contribution in [0, 0.1) is 0 Å². The van der Waals surface area contributed by atoms with Crippen molar-refractivity contribution in [1.29, 1.82) is 0 Å². The minimum Gasteiger partial charge on any atom is -0.543 e. The van der Waals surface area contributed by atoms with E-state index in [1.54, 1.807) is 133 Å². The Balaban J connectivity index is 1.24. The summed E-state index contributed by atoms with van der Waals surface area (Å²) in [6.07, 6.45) is -3.54. The highest BCUT2D eigenvalue weighted by molar-refractivity contribution is 6.75. The molecule has 3 unspecified atom stereocenters. The van der Waals surface area contributed by atoms with Crippen molar-refractivity contribution in [2.45, 2.75) is 109 Å². The van der Waals surface area contributed by atoms with Crippen LogP contribution in [0.3, 0.4) is 0 Å². The molecule has 5 atom stereocenters. The summed E-state index contributed by atoms with van der Waals surface area (Å²) < 4.78 is 51.2. The molecule has 0 spiro atoms. The lowest BCUT2D eigenvalue weighted by atomic mass is 9.97. The summed E-state index contributed by atoms with van der Waals surface area (Å²) in [6.45, 7) is 21.7. The Morgan fingerprint density at radius 2 is 0.838 bits per heavy atom. The lowest BCUT2D eigenvalue weighted by molar-refractivity contribution is -0.275. The molecule has 1 aliphatic rings. The van der Waals surface area contributed by atoms with Crippen LogP contribution in [0.15, 0.2) is 164 Å². The highest BCUT2D eigenvalue weighted by atomic mass is 28.4. The van der Waals surface area contributed by atoms with Crippen LogP contribution in [0.5, 0.6) is 17.2 Å². The average molecular weight is 1040 g/mol. The van der Waals surface area contributed by atoms with Gasteiger partial charge in [-0.1, -0.05) is 139 Å². The van der Waals surface area contributed by atoms with Gasteiger partial charge in [-0.25, -0.2) is 19.2 Å². The Labute approximate surface area is 436 Å². The Hall–Kier alpha value is -7.27. The standard InChI is InChI=1S/C60H66O12Si2/c1-59(2,3)73(7,8)71-48-37-42(38-49(39-48)72-74(9,10)60(4,5)6)32-31-41-33-35-47(36-34-41)66-58-53(70-57(64)46-29-21-14-22-30-46)52(69-56(63)45-27-19-13-20-28-45)51(68-55(62)44-25-17-12-18-26-44)50(67-58)40-65-54(61)43-23-15-11-16-24-43/h11-39,50-53,58H,40H2,1-10H3/b32-31+/t50?,51-,52?,53?,58-/m1/s1. The van der Waals surface area contributed by atoms with Crippen LogP contribution in [0.4, 0.5) is 0 Å². The Morgan fingerprint density at radius 1 is 0.459 bits per heavy atom. The first-order valence-electron chi connectivity index (χ1n) is 24.7. The third-order valence-corrected chi connectivity index (χ3v) is 22.3. The maximum atomic E-state index is 14.1. The Bertz CT molecular complexity index is 2830. The van der Waals surface area contributed by atoms with Crippen LogP contribution in [-0.2, 0) is 23.7 Å². The van der Waals surface area contributed by atoms with Crippen LogP contribution in [0.25, 0.3) is 12.2 Å². The summed E-state index contributed by atoms with van der Waals surface area (Å²) >= 11 is 0. The summed E-state index contributed by atoms with van der Waals surface area (Å²) in [5.41, 5.74) is 2.51. The van der Waals surface area contributed by atoms with Crippen LogP contribution < -0.4 is 13.6 Å². The van der Waals surface area contributed by atoms with Gasteiger partial charge in [-0.3, -0.25) is 0 Å². The van der Waals surface area contributed by atoms with Gasteiger partial charge in [0.1, 0.15) is 30.0 Å². The molecule has 14 heteroatoms. The molecule has 12 nitrogen and oxygen atoms in total. The van der Waals surface area contributed by atoms with E-state index in [9.17, 15) is 19.2 Å². The monoisotopic (exact) mass is 1030 g/mol. The zero-order chi connectivity index (χ0) is 53.3. The number of ether oxygens (including phenoxy) is 6. The van der Waals surface area contributed by atoms with Crippen molar-refractivity contribution in [2.24, 2.45) is 0 Å². The Kier molecular flexibility index (Phi) is 17.2. The van der Waals surface area contributed by atoms with Crippen LogP contribution >= 0.6 is 0 Å². The molecule has 0 aliphatic carbocycles. The molecule has 0 N–H and O–H groups in total. The molecular weight excluding hydrogens is 969 g/mol. The topological polar surface area (TPSA) is 142 Å². The molecule has 6 aromatic carbocycles. The largest absolute Gasteiger partial charge is 0.543 e. The number of carbonyl (C=O) groups excluding carboxylic acids is 4. The maximum absolute atomic E-state index is 14.1. The van der Waals surface area contributed by atoms with E-state index in [1.807, 2.05) is 42.5 Å². The van der Waals surface area contributed by atoms with Crippen LogP contribution in [0.2, 0.25) is 36.3 Å². The zero-order valence-electron chi connectivity index (χ0n) is 43.7. The van der Waals surface area contributed by atoms with Crippen LogP contribution in [0.1, 0.15) is 94.1 Å². The molecule has 1 saturated heterocycles. The van der Waals surface area contributed by atoms with E-state index < -0.39 is 77.8 Å². The fourth-order valence-corrected chi connectivity index (χ4v) is 9.34. The summed E-state index contributed by atoms with van der Waals surface area (Å²) in [4.78, 5) is 55.5. The van der Waals surface area contributed by atoms with E-state index in [0.29, 0.717) is 0 Å². The predicted molar refractivity (Wildman–Crippen MR) is 290 cm³/mol. The van der Waals surface area contributed by atoms with Gasteiger partial charge in [-0.2, -0.15) is 0 Å². The highest BCUT2D eigenvalue weighted by Crippen LogP contribution is 2.41. The molecule has 0 saturated carbocycles. The average Bonchev–Trinajstić information content (AvgIpc) is 3.37. The number of hydrogen-bond donors (Lipinski definition) is 0.